The first-order valence-corrected chi connectivity index (χ1v) is 6.97. The Morgan fingerprint density at radius 3 is 2.53 bits per heavy atom. The fourth-order valence-corrected chi connectivity index (χ4v) is 3.78. The maximum absolute atomic E-state index is 11.6. The van der Waals surface area contributed by atoms with E-state index in [0.717, 1.165) is 0 Å². The van der Waals surface area contributed by atoms with Crippen molar-refractivity contribution in [2.45, 2.75) is 12.8 Å². The highest BCUT2D eigenvalue weighted by molar-refractivity contribution is 7.97. The first-order chi connectivity index (χ1) is 7.34. The Balaban J connectivity index is 1.82. The van der Waals surface area contributed by atoms with Crippen molar-refractivity contribution in [1.29, 1.82) is 0 Å². The van der Waals surface area contributed by atoms with E-state index >= 15 is 0 Å². The third kappa shape index (κ3) is 3.27. The van der Waals surface area contributed by atoms with Gasteiger partial charge in [0.15, 0.2) is 0 Å². The van der Waals surface area contributed by atoms with Crippen LogP contribution in [0.1, 0.15) is 12.8 Å². The van der Waals surface area contributed by atoms with Crippen LogP contribution in [-0.4, -0.2) is 23.2 Å². The summed E-state index contributed by atoms with van der Waals surface area (Å²) in [6, 6.07) is 9.29. The van der Waals surface area contributed by atoms with Crippen molar-refractivity contribution < 1.29 is 9.53 Å². The molecule has 1 aromatic rings. The van der Waals surface area contributed by atoms with E-state index in [0.29, 0.717) is 22.4 Å². The summed E-state index contributed by atoms with van der Waals surface area (Å²) in [6.45, 7) is 0. The molecule has 0 atom stereocenters. The Bertz CT molecular complexity index is 318. The maximum atomic E-state index is 11.6. The summed E-state index contributed by atoms with van der Waals surface area (Å²) in [6.07, 6.45) is 2.56. The summed E-state index contributed by atoms with van der Waals surface area (Å²) in [5.41, 5.74) is 0. The molecule has 0 spiro atoms. The Kier molecular flexibility index (Phi) is 3.67. The standard InChI is InChI=1S/C12H15O2S/c13-12(10-15-8-4-5-9-15)14-11-6-2-1-3-7-11/h1-3,6-7H,4-5,8-10H2/q+1. The van der Waals surface area contributed by atoms with E-state index in [1.54, 1.807) is 0 Å². The molecule has 1 aromatic carbocycles. The number of benzene rings is 1. The molecule has 80 valence electrons. The molecule has 0 saturated carbocycles. The summed E-state index contributed by atoms with van der Waals surface area (Å²) >= 11 is 0. The van der Waals surface area contributed by atoms with Crippen LogP contribution in [0.2, 0.25) is 0 Å². The smallest absolute Gasteiger partial charge is 0.361 e. The molecule has 1 aliphatic rings. The lowest BCUT2D eigenvalue weighted by molar-refractivity contribution is -0.131. The highest BCUT2D eigenvalue weighted by Crippen LogP contribution is 2.15. The highest BCUT2D eigenvalue weighted by Gasteiger charge is 2.27. The van der Waals surface area contributed by atoms with Crippen molar-refractivity contribution >= 4 is 16.9 Å². The number of carbonyl (C=O) groups is 1. The summed E-state index contributed by atoms with van der Waals surface area (Å²) in [5.74, 6) is 3.61. The molecule has 2 rings (SSSR count). The number of rotatable bonds is 3. The fourth-order valence-electron chi connectivity index (χ4n) is 1.67. The van der Waals surface area contributed by atoms with Crippen LogP contribution < -0.4 is 4.74 Å². The van der Waals surface area contributed by atoms with E-state index in [1.165, 1.54) is 24.3 Å². The molecule has 1 fully saturated rings. The van der Waals surface area contributed by atoms with Gasteiger partial charge in [0.25, 0.3) is 0 Å². The van der Waals surface area contributed by atoms with Gasteiger partial charge in [0.05, 0.1) is 0 Å². The Morgan fingerprint density at radius 1 is 1.20 bits per heavy atom. The van der Waals surface area contributed by atoms with Gasteiger partial charge in [-0.25, -0.2) is 4.79 Å². The molecule has 1 aliphatic heterocycles. The summed E-state index contributed by atoms with van der Waals surface area (Å²) in [7, 11) is 0.294. The second kappa shape index (κ2) is 5.21. The SMILES string of the molecule is O=C(C[S+]1CCCC1)Oc1ccccc1. The normalized spacial score (nSPS) is 16.5. The van der Waals surface area contributed by atoms with Crippen LogP contribution in [0.5, 0.6) is 5.75 Å². The average molecular weight is 223 g/mol. The van der Waals surface area contributed by atoms with Crippen molar-refractivity contribution in [3.05, 3.63) is 30.3 Å². The van der Waals surface area contributed by atoms with Crippen molar-refractivity contribution in [3.8, 4) is 5.75 Å². The van der Waals surface area contributed by atoms with Crippen molar-refractivity contribution in [1.82, 2.24) is 0 Å². The van der Waals surface area contributed by atoms with E-state index in [-0.39, 0.29) is 5.97 Å². The third-order valence-electron chi connectivity index (χ3n) is 2.41. The molecule has 0 N–H and O–H groups in total. The highest BCUT2D eigenvalue weighted by atomic mass is 32.2. The second-order valence-electron chi connectivity index (χ2n) is 3.66. The number of ether oxygens (including phenoxy) is 1. The molecule has 0 radical (unpaired) electrons. The summed E-state index contributed by atoms with van der Waals surface area (Å²) < 4.78 is 5.24. The number of esters is 1. The minimum absolute atomic E-state index is 0.0774. The predicted octanol–water partition coefficient (Wildman–Crippen LogP) is 2.00. The molecule has 1 heterocycles. The predicted molar refractivity (Wildman–Crippen MR) is 63.3 cm³/mol. The molecule has 0 amide bonds. The number of carbonyl (C=O) groups excluding carboxylic acids is 1. The topological polar surface area (TPSA) is 26.3 Å². The number of hydrogen-bond donors (Lipinski definition) is 0. The number of hydrogen-bond acceptors (Lipinski definition) is 2. The van der Waals surface area contributed by atoms with Crippen LogP contribution in [0.25, 0.3) is 0 Å². The zero-order chi connectivity index (χ0) is 10.5. The summed E-state index contributed by atoms with van der Waals surface area (Å²) in [4.78, 5) is 11.6. The zero-order valence-electron chi connectivity index (χ0n) is 8.65. The van der Waals surface area contributed by atoms with Gasteiger partial charge in [-0.05, 0) is 35.9 Å². The minimum atomic E-state index is -0.0774. The van der Waals surface area contributed by atoms with Gasteiger partial charge < -0.3 is 4.74 Å². The maximum Gasteiger partial charge on any atom is 0.361 e. The Morgan fingerprint density at radius 2 is 1.87 bits per heavy atom. The molecular formula is C12H15O2S+. The lowest BCUT2D eigenvalue weighted by atomic mass is 10.3. The van der Waals surface area contributed by atoms with Gasteiger partial charge in [0, 0.05) is 0 Å². The molecule has 2 nitrogen and oxygen atoms in total. The van der Waals surface area contributed by atoms with Crippen LogP contribution >= 0.6 is 0 Å². The van der Waals surface area contributed by atoms with Crippen LogP contribution in [-0.2, 0) is 15.7 Å². The van der Waals surface area contributed by atoms with Crippen molar-refractivity contribution in [3.63, 3.8) is 0 Å². The van der Waals surface area contributed by atoms with Crippen LogP contribution in [0.4, 0.5) is 0 Å². The van der Waals surface area contributed by atoms with E-state index in [4.69, 9.17) is 4.74 Å². The second-order valence-corrected chi connectivity index (χ2v) is 5.99. The van der Waals surface area contributed by atoms with Gasteiger partial charge in [0.2, 0.25) is 5.75 Å². The van der Waals surface area contributed by atoms with Crippen LogP contribution in [0.3, 0.4) is 0 Å². The first kappa shape index (κ1) is 10.6. The van der Waals surface area contributed by atoms with Crippen molar-refractivity contribution in [2.24, 2.45) is 0 Å². The lowest BCUT2D eigenvalue weighted by Crippen LogP contribution is -2.22. The third-order valence-corrected chi connectivity index (χ3v) is 4.79. The molecule has 0 unspecified atom stereocenters. The van der Waals surface area contributed by atoms with Crippen LogP contribution in [0.15, 0.2) is 30.3 Å². The van der Waals surface area contributed by atoms with E-state index in [9.17, 15) is 4.79 Å². The number of para-hydroxylation sites is 1. The van der Waals surface area contributed by atoms with E-state index in [1.807, 2.05) is 30.3 Å². The Hall–Kier alpha value is -0.960. The van der Waals surface area contributed by atoms with Gasteiger partial charge in [0.1, 0.15) is 17.3 Å². The van der Waals surface area contributed by atoms with Gasteiger partial charge in [-0.3, -0.25) is 0 Å². The van der Waals surface area contributed by atoms with Gasteiger partial charge >= 0.3 is 5.97 Å². The van der Waals surface area contributed by atoms with Gasteiger partial charge in [-0.15, -0.1) is 0 Å². The average Bonchev–Trinajstić information content (AvgIpc) is 2.71. The summed E-state index contributed by atoms with van der Waals surface area (Å²) in [5, 5.41) is 0. The van der Waals surface area contributed by atoms with Gasteiger partial charge in [-0.2, -0.15) is 0 Å². The fraction of sp³-hybridized carbons (Fsp3) is 0.417. The molecule has 3 heteroatoms. The Labute approximate surface area is 93.0 Å². The van der Waals surface area contributed by atoms with Crippen LogP contribution in [0, 0.1) is 0 Å². The van der Waals surface area contributed by atoms with Gasteiger partial charge in [-0.1, -0.05) is 18.2 Å². The van der Waals surface area contributed by atoms with E-state index in [2.05, 4.69) is 0 Å². The minimum Gasteiger partial charge on any atom is -0.423 e. The first-order valence-electron chi connectivity index (χ1n) is 5.24. The molecule has 15 heavy (non-hydrogen) atoms. The molecule has 0 aromatic heterocycles. The molecule has 1 saturated heterocycles. The quantitative estimate of drug-likeness (QED) is 0.445. The molecule has 0 bridgehead atoms. The van der Waals surface area contributed by atoms with E-state index < -0.39 is 0 Å². The zero-order valence-corrected chi connectivity index (χ0v) is 9.46. The molecule has 0 aliphatic carbocycles. The van der Waals surface area contributed by atoms with Crippen molar-refractivity contribution in [2.75, 3.05) is 17.3 Å². The largest absolute Gasteiger partial charge is 0.423 e. The lowest BCUT2D eigenvalue weighted by Gasteiger charge is -2.03. The molecular weight excluding hydrogens is 208 g/mol. The monoisotopic (exact) mass is 223 g/mol.